The van der Waals surface area contributed by atoms with Crippen molar-refractivity contribution in [2.45, 2.75) is 19.8 Å². The lowest BCUT2D eigenvalue weighted by Crippen LogP contribution is -2.22. The number of aromatic nitrogens is 2. The maximum atomic E-state index is 12.6. The van der Waals surface area contributed by atoms with Crippen molar-refractivity contribution in [1.82, 2.24) is 14.9 Å². The molecule has 7 nitrogen and oxygen atoms in total. The molecule has 0 radical (unpaired) electrons. The van der Waals surface area contributed by atoms with Crippen LogP contribution in [-0.2, 0) is 26.8 Å². The minimum Gasteiger partial charge on any atom is -0.493 e. The van der Waals surface area contributed by atoms with Crippen LogP contribution in [0.1, 0.15) is 27.3 Å². The van der Waals surface area contributed by atoms with E-state index in [0.29, 0.717) is 42.6 Å². The lowest BCUT2D eigenvalue weighted by atomic mass is 10.1. The van der Waals surface area contributed by atoms with Crippen LogP contribution in [0.25, 0.3) is 0 Å². The molecule has 0 fully saturated rings. The van der Waals surface area contributed by atoms with Gasteiger partial charge in [0.25, 0.3) is 5.91 Å². The van der Waals surface area contributed by atoms with E-state index in [1.54, 1.807) is 37.6 Å². The predicted molar refractivity (Wildman–Crippen MR) is 129 cm³/mol. The number of benzene rings is 3. The highest BCUT2D eigenvalue weighted by molar-refractivity contribution is 5.94. The molecule has 0 aliphatic rings. The largest absolute Gasteiger partial charge is 0.493 e. The first-order valence-electron chi connectivity index (χ1n) is 10.9. The van der Waals surface area contributed by atoms with Crippen molar-refractivity contribution in [1.29, 1.82) is 0 Å². The molecular weight excluding hydrogens is 430 g/mol. The molecule has 0 bridgehead atoms. The summed E-state index contributed by atoms with van der Waals surface area (Å²) in [6.45, 7) is 1.18. The fourth-order valence-electron chi connectivity index (χ4n) is 3.35. The summed E-state index contributed by atoms with van der Waals surface area (Å²) < 4.78 is 19.0. The van der Waals surface area contributed by atoms with Gasteiger partial charge < -0.3 is 24.1 Å². The summed E-state index contributed by atoms with van der Waals surface area (Å²) in [5.74, 6) is 2.61. The Bertz CT molecular complexity index is 1220. The van der Waals surface area contributed by atoms with Crippen LogP contribution in [0.4, 0.5) is 0 Å². The highest BCUT2D eigenvalue weighted by Crippen LogP contribution is 2.29. The summed E-state index contributed by atoms with van der Waals surface area (Å²) in [6, 6.07) is 22.6. The number of nitrogens with zero attached hydrogens (tertiary/aromatic N) is 2. The van der Waals surface area contributed by atoms with E-state index in [0.717, 1.165) is 17.0 Å². The second kappa shape index (κ2) is 11.0. The fraction of sp³-hybridized carbons (Fsp3) is 0.185. The monoisotopic (exact) mass is 457 g/mol. The minimum absolute atomic E-state index is 0.168. The standard InChI is InChI=1S/C27H27N3O4/c1-30-15-14-28-26(30)19-33-23-11-9-22(10-12-23)27(31)29-17-21-8-13-24(25(16-21)32-2)34-18-20-6-4-3-5-7-20/h3-16H,17-19H2,1-2H3,(H,29,31). The predicted octanol–water partition coefficient (Wildman–Crippen LogP) is 4.52. The van der Waals surface area contributed by atoms with Crippen LogP contribution in [0.15, 0.2) is 85.2 Å². The average molecular weight is 458 g/mol. The summed E-state index contributed by atoms with van der Waals surface area (Å²) in [6.07, 6.45) is 3.60. The Kier molecular flexibility index (Phi) is 7.45. The van der Waals surface area contributed by atoms with E-state index in [-0.39, 0.29) is 5.91 Å². The number of nitrogens with one attached hydrogen (secondary N) is 1. The third-order valence-corrected chi connectivity index (χ3v) is 5.32. The van der Waals surface area contributed by atoms with E-state index in [1.165, 1.54) is 0 Å². The molecular formula is C27H27N3O4. The van der Waals surface area contributed by atoms with Crippen molar-refractivity contribution < 1.29 is 19.0 Å². The van der Waals surface area contributed by atoms with E-state index in [2.05, 4.69) is 10.3 Å². The topological polar surface area (TPSA) is 74.6 Å². The molecule has 0 aliphatic heterocycles. The number of carbonyl (C=O) groups excluding carboxylic acids is 1. The third kappa shape index (κ3) is 5.95. The zero-order valence-electron chi connectivity index (χ0n) is 19.2. The number of rotatable bonds is 10. The Morgan fingerprint density at radius 1 is 0.912 bits per heavy atom. The molecule has 0 spiro atoms. The molecule has 0 aliphatic carbocycles. The van der Waals surface area contributed by atoms with Crippen LogP contribution in [0.3, 0.4) is 0 Å². The number of hydrogen-bond acceptors (Lipinski definition) is 5. The molecule has 1 aromatic heterocycles. The van der Waals surface area contributed by atoms with E-state index >= 15 is 0 Å². The molecule has 0 unspecified atom stereocenters. The van der Waals surface area contributed by atoms with Gasteiger partial charge in [-0.3, -0.25) is 4.79 Å². The Hall–Kier alpha value is -4.26. The van der Waals surface area contributed by atoms with E-state index < -0.39 is 0 Å². The average Bonchev–Trinajstić information content (AvgIpc) is 3.30. The number of hydrogen-bond donors (Lipinski definition) is 1. The summed E-state index contributed by atoms with van der Waals surface area (Å²) in [7, 11) is 3.52. The molecule has 34 heavy (non-hydrogen) atoms. The van der Waals surface area contributed by atoms with Gasteiger partial charge in [0.15, 0.2) is 11.5 Å². The van der Waals surface area contributed by atoms with Crippen molar-refractivity contribution in [3.63, 3.8) is 0 Å². The fourth-order valence-corrected chi connectivity index (χ4v) is 3.35. The molecule has 7 heteroatoms. The zero-order valence-corrected chi connectivity index (χ0v) is 19.2. The summed E-state index contributed by atoms with van der Waals surface area (Å²) in [5, 5.41) is 2.94. The number of methoxy groups -OCH3 is 1. The number of amides is 1. The van der Waals surface area contributed by atoms with Gasteiger partial charge >= 0.3 is 0 Å². The van der Waals surface area contributed by atoms with Gasteiger partial charge in [0.05, 0.1) is 7.11 Å². The van der Waals surface area contributed by atoms with Crippen molar-refractivity contribution in [2.75, 3.05) is 7.11 Å². The lowest BCUT2D eigenvalue weighted by Gasteiger charge is -2.13. The van der Waals surface area contributed by atoms with Crippen LogP contribution < -0.4 is 19.5 Å². The first-order chi connectivity index (χ1) is 16.6. The van der Waals surface area contributed by atoms with E-state index in [4.69, 9.17) is 14.2 Å². The first kappa shape index (κ1) is 22.9. The summed E-state index contributed by atoms with van der Waals surface area (Å²) >= 11 is 0. The maximum absolute atomic E-state index is 12.6. The number of carbonyl (C=O) groups is 1. The molecule has 0 saturated carbocycles. The van der Waals surface area contributed by atoms with E-state index in [9.17, 15) is 4.79 Å². The Labute approximate surface area is 198 Å². The second-order valence-electron chi connectivity index (χ2n) is 7.71. The van der Waals surface area contributed by atoms with Gasteiger partial charge in [-0.05, 0) is 47.5 Å². The molecule has 1 amide bonds. The number of aryl methyl sites for hydroxylation is 1. The molecule has 174 valence electrons. The lowest BCUT2D eigenvalue weighted by molar-refractivity contribution is 0.0951. The Morgan fingerprint density at radius 2 is 1.71 bits per heavy atom. The highest BCUT2D eigenvalue weighted by Gasteiger charge is 2.10. The van der Waals surface area contributed by atoms with Crippen LogP contribution in [-0.4, -0.2) is 22.6 Å². The quantitative estimate of drug-likeness (QED) is 0.379. The van der Waals surface area contributed by atoms with Crippen molar-refractivity contribution in [3.8, 4) is 17.2 Å². The number of ether oxygens (including phenoxy) is 3. The minimum atomic E-state index is -0.168. The number of imidazole rings is 1. The molecule has 4 aromatic rings. The van der Waals surface area contributed by atoms with Gasteiger partial charge in [-0.15, -0.1) is 0 Å². The second-order valence-corrected chi connectivity index (χ2v) is 7.71. The Balaban J connectivity index is 1.30. The van der Waals surface area contributed by atoms with E-state index in [1.807, 2.05) is 66.3 Å². The summed E-state index contributed by atoms with van der Waals surface area (Å²) in [5.41, 5.74) is 2.54. The molecule has 0 saturated heterocycles. The van der Waals surface area contributed by atoms with Crippen molar-refractivity contribution in [2.24, 2.45) is 7.05 Å². The van der Waals surface area contributed by atoms with Crippen LogP contribution in [0.5, 0.6) is 17.2 Å². The zero-order chi connectivity index (χ0) is 23.8. The normalized spacial score (nSPS) is 10.5. The molecule has 1 N–H and O–H groups in total. The maximum Gasteiger partial charge on any atom is 0.251 e. The van der Waals surface area contributed by atoms with Gasteiger partial charge in [-0.25, -0.2) is 4.98 Å². The van der Waals surface area contributed by atoms with Gasteiger partial charge in [-0.1, -0.05) is 36.4 Å². The van der Waals surface area contributed by atoms with Gasteiger partial charge in [0.2, 0.25) is 0 Å². The smallest absolute Gasteiger partial charge is 0.251 e. The molecule has 0 atom stereocenters. The third-order valence-electron chi connectivity index (χ3n) is 5.32. The van der Waals surface area contributed by atoms with Gasteiger partial charge in [0, 0.05) is 31.5 Å². The Morgan fingerprint density at radius 3 is 2.41 bits per heavy atom. The highest BCUT2D eigenvalue weighted by atomic mass is 16.5. The molecule has 3 aromatic carbocycles. The molecule has 1 heterocycles. The molecule has 4 rings (SSSR count). The van der Waals surface area contributed by atoms with Crippen LogP contribution in [0.2, 0.25) is 0 Å². The summed E-state index contributed by atoms with van der Waals surface area (Å²) in [4.78, 5) is 16.8. The van der Waals surface area contributed by atoms with Gasteiger partial charge in [-0.2, -0.15) is 0 Å². The van der Waals surface area contributed by atoms with Crippen LogP contribution in [0, 0.1) is 0 Å². The van der Waals surface area contributed by atoms with Crippen molar-refractivity contribution >= 4 is 5.91 Å². The first-order valence-corrected chi connectivity index (χ1v) is 10.9. The van der Waals surface area contributed by atoms with Crippen molar-refractivity contribution in [3.05, 3.63) is 108 Å². The van der Waals surface area contributed by atoms with Crippen LogP contribution >= 0.6 is 0 Å². The van der Waals surface area contributed by atoms with Gasteiger partial charge in [0.1, 0.15) is 24.8 Å². The SMILES string of the molecule is COc1cc(CNC(=O)c2ccc(OCc3nccn3C)cc2)ccc1OCc1ccccc1.